The van der Waals surface area contributed by atoms with Crippen LogP contribution in [-0.2, 0) is 24.3 Å². The van der Waals surface area contributed by atoms with E-state index in [1.54, 1.807) is 52.2 Å². The Morgan fingerprint density at radius 1 is 1.16 bits per heavy atom. The fourth-order valence-electron chi connectivity index (χ4n) is 3.64. The minimum Gasteiger partial charge on any atom is -0.447 e. The molecule has 1 atom stereocenters. The number of sulfonamides is 1. The van der Waals surface area contributed by atoms with Crippen molar-refractivity contribution < 1.29 is 27.3 Å². The monoisotopic (exact) mass is 449 g/mol. The first-order valence-electron chi connectivity index (χ1n) is 10.0. The van der Waals surface area contributed by atoms with Gasteiger partial charge in [0, 0.05) is 32.7 Å². The van der Waals surface area contributed by atoms with Gasteiger partial charge in [-0.1, -0.05) is 35.5 Å². The van der Waals surface area contributed by atoms with Gasteiger partial charge >= 0.3 is 5.97 Å². The summed E-state index contributed by atoms with van der Waals surface area (Å²) in [7, 11) is -0.553. The predicted octanol–water partition coefficient (Wildman–Crippen LogP) is 2.06. The van der Waals surface area contributed by atoms with E-state index in [1.165, 1.54) is 9.21 Å². The molecular formula is C21H27N3O6S. The number of aromatic nitrogens is 1. The molecule has 1 aliphatic rings. The van der Waals surface area contributed by atoms with Crippen LogP contribution in [0.15, 0.2) is 39.8 Å². The third kappa shape index (κ3) is 4.80. The highest BCUT2D eigenvalue weighted by atomic mass is 32.2. The smallest absolute Gasteiger partial charge is 0.310 e. The number of ether oxygens (including phenoxy) is 1. The van der Waals surface area contributed by atoms with E-state index < -0.39 is 28.0 Å². The van der Waals surface area contributed by atoms with Crippen LogP contribution in [0.2, 0.25) is 0 Å². The molecule has 2 heterocycles. The van der Waals surface area contributed by atoms with Crippen LogP contribution >= 0.6 is 0 Å². The van der Waals surface area contributed by atoms with E-state index in [0.29, 0.717) is 24.1 Å². The minimum atomic E-state index is -3.76. The number of carbonyl (C=O) groups is 2. The zero-order chi connectivity index (χ0) is 22.8. The third-order valence-electron chi connectivity index (χ3n) is 5.35. The number of rotatable bonds is 6. The van der Waals surface area contributed by atoms with E-state index in [4.69, 9.17) is 9.26 Å². The number of benzene rings is 1. The maximum absolute atomic E-state index is 13.0. The topological polar surface area (TPSA) is 110 Å². The molecule has 3 rings (SSSR count). The Hall–Kier alpha value is -2.72. The van der Waals surface area contributed by atoms with Gasteiger partial charge in [-0.05, 0) is 26.7 Å². The second-order valence-electron chi connectivity index (χ2n) is 7.79. The zero-order valence-corrected chi connectivity index (χ0v) is 18.9. The van der Waals surface area contributed by atoms with Crippen molar-refractivity contribution in [2.24, 2.45) is 5.92 Å². The van der Waals surface area contributed by atoms with Gasteiger partial charge in [0.2, 0.25) is 16.1 Å². The highest BCUT2D eigenvalue weighted by molar-refractivity contribution is 7.89. The van der Waals surface area contributed by atoms with Crippen LogP contribution in [0.5, 0.6) is 0 Å². The first-order valence-corrected chi connectivity index (χ1v) is 11.5. The molecule has 0 saturated carbocycles. The second kappa shape index (κ2) is 9.19. The largest absolute Gasteiger partial charge is 0.447 e. The number of amides is 1. The molecule has 2 aromatic rings. The average molecular weight is 450 g/mol. The minimum absolute atomic E-state index is 0.0780. The van der Waals surface area contributed by atoms with Gasteiger partial charge in [0.1, 0.15) is 10.6 Å². The fourth-order valence-corrected chi connectivity index (χ4v) is 5.40. The van der Waals surface area contributed by atoms with Gasteiger partial charge < -0.3 is 14.2 Å². The first kappa shape index (κ1) is 23.0. The summed E-state index contributed by atoms with van der Waals surface area (Å²) in [5.41, 5.74) is 0.903. The third-order valence-corrected chi connectivity index (χ3v) is 7.50. The summed E-state index contributed by atoms with van der Waals surface area (Å²) in [6.07, 6.45) is -0.425. The van der Waals surface area contributed by atoms with Crippen molar-refractivity contribution in [1.29, 1.82) is 0 Å². The summed E-state index contributed by atoms with van der Waals surface area (Å²) in [6, 6.07) is 8.84. The van der Waals surface area contributed by atoms with E-state index in [0.717, 1.165) is 0 Å². The summed E-state index contributed by atoms with van der Waals surface area (Å²) >= 11 is 0. The number of esters is 1. The summed E-state index contributed by atoms with van der Waals surface area (Å²) in [4.78, 5) is 26.9. The quantitative estimate of drug-likeness (QED) is 0.621. The number of likely N-dealkylation sites (N-methyl/N-ethyl adjacent to an activating group) is 1. The molecule has 1 saturated heterocycles. The van der Waals surface area contributed by atoms with E-state index in [9.17, 15) is 18.0 Å². The Bertz CT molecular complexity index is 1020. The Labute approximate surface area is 182 Å². The maximum Gasteiger partial charge on any atom is 0.310 e. The van der Waals surface area contributed by atoms with Crippen LogP contribution in [0, 0.1) is 19.8 Å². The Morgan fingerprint density at radius 3 is 2.29 bits per heavy atom. The fraction of sp³-hybridized carbons (Fsp3) is 0.476. The van der Waals surface area contributed by atoms with Crippen LogP contribution in [0.1, 0.15) is 36.0 Å². The summed E-state index contributed by atoms with van der Waals surface area (Å²) in [6.45, 7) is 3.48. The van der Waals surface area contributed by atoms with E-state index in [-0.39, 0.29) is 29.7 Å². The summed E-state index contributed by atoms with van der Waals surface area (Å²) in [5, 5.41) is 3.72. The van der Waals surface area contributed by atoms with Crippen molar-refractivity contribution in [3.63, 3.8) is 0 Å². The molecule has 0 bridgehead atoms. The van der Waals surface area contributed by atoms with E-state index in [2.05, 4.69) is 5.16 Å². The Morgan fingerprint density at radius 2 is 1.77 bits per heavy atom. The molecule has 31 heavy (non-hydrogen) atoms. The van der Waals surface area contributed by atoms with Crippen LogP contribution in [0.3, 0.4) is 0 Å². The molecule has 0 unspecified atom stereocenters. The van der Waals surface area contributed by atoms with E-state index in [1.807, 2.05) is 6.07 Å². The molecule has 1 amide bonds. The van der Waals surface area contributed by atoms with Gasteiger partial charge in [0.25, 0.3) is 5.91 Å². The predicted molar refractivity (Wildman–Crippen MR) is 111 cm³/mol. The Balaban J connectivity index is 1.69. The molecule has 9 nitrogen and oxygen atoms in total. The Kier molecular flexibility index (Phi) is 6.80. The molecule has 1 aromatic heterocycles. The van der Waals surface area contributed by atoms with E-state index >= 15 is 0 Å². The molecule has 1 aromatic carbocycles. The molecule has 1 fully saturated rings. The van der Waals surface area contributed by atoms with Crippen molar-refractivity contribution >= 4 is 21.9 Å². The van der Waals surface area contributed by atoms with Gasteiger partial charge in [0.15, 0.2) is 5.76 Å². The zero-order valence-electron chi connectivity index (χ0n) is 18.1. The highest BCUT2D eigenvalue weighted by Gasteiger charge is 2.37. The lowest BCUT2D eigenvalue weighted by Crippen LogP contribution is -2.41. The molecule has 0 spiro atoms. The van der Waals surface area contributed by atoms with Gasteiger partial charge in [0.05, 0.1) is 5.92 Å². The molecule has 1 aliphatic heterocycles. The van der Waals surface area contributed by atoms with Crippen molar-refractivity contribution in [3.05, 3.63) is 47.3 Å². The lowest BCUT2D eigenvalue weighted by molar-refractivity contribution is -0.164. The molecule has 168 valence electrons. The lowest BCUT2D eigenvalue weighted by atomic mass is 9.98. The SMILES string of the molecule is Cc1noc(C)c1S(=O)(=O)N1CCC(C(=O)O[C@H](C(=O)N(C)C)c2ccccc2)CC1. The number of aryl methyl sites for hydroxylation is 2. The molecule has 0 aliphatic carbocycles. The van der Waals surface area contributed by atoms with Crippen molar-refractivity contribution in [3.8, 4) is 0 Å². The first-order chi connectivity index (χ1) is 14.6. The van der Waals surface area contributed by atoms with Gasteiger partial charge in [-0.15, -0.1) is 0 Å². The van der Waals surface area contributed by atoms with Gasteiger partial charge in [-0.2, -0.15) is 4.31 Å². The summed E-state index contributed by atoms with van der Waals surface area (Å²) < 4.78 is 37.8. The molecule has 10 heteroatoms. The van der Waals surface area contributed by atoms with Crippen LogP contribution in [-0.4, -0.2) is 61.8 Å². The molecular weight excluding hydrogens is 422 g/mol. The lowest BCUT2D eigenvalue weighted by Gasteiger charge is -2.31. The molecule has 0 radical (unpaired) electrons. The van der Waals surface area contributed by atoms with Crippen LogP contribution in [0.4, 0.5) is 0 Å². The van der Waals surface area contributed by atoms with Crippen LogP contribution < -0.4 is 0 Å². The number of carbonyl (C=O) groups excluding carboxylic acids is 2. The van der Waals surface area contributed by atoms with Crippen molar-refractivity contribution in [1.82, 2.24) is 14.4 Å². The van der Waals surface area contributed by atoms with Gasteiger partial charge in [-0.25, -0.2) is 8.42 Å². The number of nitrogens with zero attached hydrogens (tertiary/aromatic N) is 3. The van der Waals surface area contributed by atoms with Crippen LogP contribution in [0.25, 0.3) is 0 Å². The molecule has 0 N–H and O–H groups in total. The number of hydrogen-bond donors (Lipinski definition) is 0. The number of hydrogen-bond acceptors (Lipinski definition) is 7. The average Bonchev–Trinajstić information content (AvgIpc) is 3.10. The summed E-state index contributed by atoms with van der Waals surface area (Å²) in [5.74, 6) is -1.08. The highest BCUT2D eigenvalue weighted by Crippen LogP contribution is 2.29. The maximum atomic E-state index is 13.0. The van der Waals surface area contributed by atoms with Crippen molar-refractivity contribution in [2.75, 3.05) is 27.2 Å². The van der Waals surface area contributed by atoms with Crippen molar-refractivity contribution in [2.45, 2.75) is 37.7 Å². The van der Waals surface area contributed by atoms with Gasteiger partial charge in [-0.3, -0.25) is 9.59 Å². The second-order valence-corrected chi connectivity index (χ2v) is 9.67. The normalized spacial score (nSPS) is 16.6. The standard InChI is InChI=1S/C21H27N3O6S/c1-14-19(15(2)30-22-14)31(27,28)24-12-10-17(11-13-24)21(26)29-18(20(25)23(3)4)16-8-6-5-7-9-16/h5-9,17-18H,10-13H2,1-4H3/t18-/m0/s1. The number of piperidine rings is 1.